The molecule has 3 aromatic carbocycles. The van der Waals surface area contributed by atoms with E-state index in [0.29, 0.717) is 40.6 Å². The summed E-state index contributed by atoms with van der Waals surface area (Å²) in [7, 11) is 3.41. The molecule has 0 radical (unpaired) electrons. The van der Waals surface area contributed by atoms with Gasteiger partial charge < -0.3 is 19.5 Å². The fourth-order valence-corrected chi connectivity index (χ4v) is 5.79. The molecule has 3 aliphatic rings. The Labute approximate surface area is 201 Å². The number of Topliss-reactive ketones (excluding diaryl/α,β-unsaturated/α-hetero) is 1. The fourth-order valence-electron chi connectivity index (χ4n) is 5.79. The minimum absolute atomic E-state index is 0.0941. The Morgan fingerprint density at radius 2 is 1.86 bits per heavy atom. The van der Waals surface area contributed by atoms with Gasteiger partial charge in [-0.3, -0.25) is 14.5 Å². The van der Waals surface area contributed by atoms with Crippen LogP contribution >= 0.6 is 0 Å². The van der Waals surface area contributed by atoms with Crippen LogP contribution in [0.1, 0.15) is 27.4 Å². The molecule has 6 rings (SSSR count). The Morgan fingerprint density at radius 1 is 1.09 bits per heavy atom. The van der Waals surface area contributed by atoms with E-state index in [9.17, 15) is 14.0 Å². The first kappa shape index (κ1) is 21.6. The lowest BCUT2D eigenvalue weighted by Crippen LogP contribution is -2.51. The van der Waals surface area contributed by atoms with Crippen molar-refractivity contribution in [2.45, 2.75) is 11.5 Å². The van der Waals surface area contributed by atoms with Crippen molar-refractivity contribution in [2.24, 2.45) is 5.92 Å². The van der Waals surface area contributed by atoms with Gasteiger partial charge in [-0.15, -0.1) is 0 Å². The smallest absolute Gasteiger partial charge is 0.250 e. The zero-order valence-electron chi connectivity index (χ0n) is 19.2. The third-order valence-corrected chi connectivity index (χ3v) is 7.39. The minimum atomic E-state index is -1.27. The molecule has 1 spiro atoms. The number of benzene rings is 3. The van der Waals surface area contributed by atoms with Crippen molar-refractivity contribution in [3.63, 3.8) is 0 Å². The van der Waals surface area contributed by atoms with Crippen molar-refractivity contribution < 1.29 is 28.2 Å². The van der Waals surface area contributed by atoms with Gasteiger partial charge in [0.2, 0.25) is 12.7 Å². The highest BCUT2D eigenvalue weighted by Gasteiger charge is 2.64. The monoisotopic (exact) mass is 474 g/mol. The van der Waals surface area contributed by atoms with E-state index in [0.717, 1.165) is 5.56 Å². The number of ketones is 1. The van der Waals surface area contributed by atoms with Crippen LogP contribution < -0.4 is 19.5 Å². The van der Waals surface area contributed by atoms with Crippen molar-refractivity contribution in [3.8, 4) is 17.2 Å². The average molecular weight is 474 g/mol. The summed E-state index contributed by atoms with van der Waals surface area (Å²) in [5.74, 6) is -0.321. The number of likely N-dealkylation sites (N-methyl/N-ethyl adjacent to an activating group) is 1. The van der Waals surface area contributed by atoms with Gasteiger partial charge in [0.25, 0.3) is 0 Å². The number of nitrogens with one attached hydrogen (secondary N) is 1. The molecule has 0 aliphatic carbocycles. The highest BCUT2D eigenvalue weighted by atomic mass is 19.1. The number of ether oxygens (including phenoxy) is 3. The minimum Gasteiger partial charge on any atom is -0.497 e. The number of fused-ring (bicyclic) bond motifs is 3. The van der Waals surface area contributed by atoms with Crippen molar-refractivity contribution in [3.05, 3.63) is 83.2 Å². The molecule has 1 N–H and O–H groups in total. The van der Waals surface area contributed by atoms with Crippen LogP contribution in [0.15, 0.2) is 60.7 Å². The number of hydrogen-bond acceptors (Lipinski definition) is 6. The maximum atomic E-state index is 14.3. The van der Waals surface area contributed by atoms with Crippen molar-refractivity contribution in [1.82, 2.24) is 4.90 Å². The zero-order chi connectivity index (χ0) is 24.3. The maximum absolute atomic E-state index is 14.3. The van der Waals surface area contributed by atoms with Crippen LogP contribution in [0, 0.1) is 11.7 Å². The van der Waals surface area contributed by atoms with E-state index in [2.05, 4.69) is 5.32 Å². The number of nitrogens with zero attached hydrogens (tertiary/aromatic N) is 1. The summed E-state index contributed by atoms with van der Waals surface area (Å²) in [6, 6.07) is 16.6. The van der Waals surface area contributed by atoms with Gasteiger partial charge in [0.15, 0.2) is 17.3 Å². The maximum Gasteiger partial charge on any atom is 0.250 e. The van der Waals surface area contributed by atoms with E-state index in [1.807, 2.05) is 18.0 Å². The lowest BCUT2D eigenvalue weighted by molar-refractivity contribution is -0.126. The van der Waals surface area contributed by atoms with Gasteiger partial charge in [-0.1, -0.05) is 12.1 Å². The number of halogens is 1. The summed E-state index contributed by atoms with van der Waals surface area (Å²) < 4.78 is 30.1. The molecule has 1 fully saturated rings. The van der Waals surface area contributed by atoms with Crippen LogP contribution in [0.25, 0.3) is 0 Å². The SMILES string of the molecule is COc1ccc2c(c1)[C@]1(C(=O)N2)[C@H](C(=O)c2ccc3c(c2)OCO3)[C@@H](c2ccc(F)cc2)CN1C. The molecular weight excluding hydrogens is 451 g/mol. The van der Waals surface area contributed by atoms with Crippen LogP contribution in [-0.4, -0.2) is 44.1 Å². The first-order valence-electron chi connectivity index (χ1n) is 11.3. The number of rotatable bonds is 4. The second-order valence-corrected chi connectivity index (χ2v) is 9.08. The average Bonchev–Trinajstić information content (AvgIpc) is 3.54. The summed E-state index contributed by atoms with van der Waals surface area (Å²) in [4.78, 5) is 30.0. The third kappa shape index (κ3) is 3.06. The molecule has 1 saturated heterocycles. The lowest BCUT2D eigenvalue weighted by atomic mass is 9.70. The molecule has 0 saturated carbocycles. The molecule has 0 unspecified atom stereocenters. The summed E-state index contributed by atoms with van der Waals surface area (Å²) in [6.45, 7) is 0.521. The number of hydrogen-bond donors (Lipinski definition) is 1. The number of carbonyl (C=O) groups excluding carboxylic acids is 2. The van der Waals surface area contributed by atoms with Gasteiger partial charge in [0, 0.05) is 29.3 Å². The second kappa shape index (κ2) is 7.81. The Bertz CT molecular complexity index is 1360. The van der Waals surface area contributed by atoms with Gasteiger partial charge in [-0.05, 0) is 61.1 Å². The molecule has 7 nitrogen and oxygen atoms in total. The number of likely N-dealkylation sites (tertiary alicyclic amines) is 1. The molecule has 178 valence electrons. The second-order valence-electron chi connectivity index (χ2n) is 9.08. The number of methoxy groups -OCH3 is 1. The molecule has 0 bridgehead atoms. The molecule has 0 aromatic heterocycles. The van der Waals surface area contributed by atoms with Crippen LogP contribution in [-0.2, 0) is 10.3 Å². The van der Waals surface area contributed by atoms with E-state index < -0.39 is 11.5 Å². The van der Waals surface area contributed by atoms with E-state index >= 15 is 0 Å². The summed E-state index contributed by atoms with van der Waals surface area (Å²) >= 11 is 0. The molecule has 3 heterocycles. The van der Waals surface area contributed by atoms with Crippen LogP contribution in [0.3, 0.4) is 0 Å². The topological polar surface area (TPSA) is 77.1 Å². The van der Waals surface area contributed by atoms with Crippen LogP contribution in [0.5, 0.6) is 17.2 Å². The zero-order valence-corrected chi connectivity index (χ0v) is 19.2. The highest BCUT2D eigenvalue weighted by molar-refractivity contribution is 6.12. The number of carbonyl (C=O) groups is 2. The molecule has 3 atom stereocenters. The number of amides is 1. The molecular formula is C27H23FN2O5. The Hall–Kier alpha value is -3.91. The van der Waals surface area contributed by atoms with E-state index in [4.69, 9.17) is 14.2 Å². The van der Waals surface area contributed by atoms with E-state index in [1.165, 1.54) is 12.1 Å². The summed E-state index contributed by atoms with van der Waals surface area (Å²) in [5.41, 5.74) is 1.28. The van der Waals surface area contributed by atoms with Crippen molar-refractivity contribution in [2.75, 3.05) is 32.8 Å². The quantitative estimate of drug-likeness (QED) is 0.578. The van der Waals surface area contributed by atoms with Crippen molar-refractivity contribution >= 4 is 17.4 Å². The Kier molecular flexibility index (Phi) is 4.82. The van der Waals surface area contributed by atoms with Gasteiger partial charge in [-0.2, -0.15) is 0 Å². The predicted molar refractivity (Wildman–Crippen MR) is 125 cm³/mol. The van der Waals surface area contributed by atoms with Gasteiger partial charge in [0.1, 0.15) is 17.1 Å². The predicted octanol–water partition coefficient (Wildman–Crippen LogP) is 3.94. The normalized spacial score (nSPS) is 24.5. The van der Waals surface area contributed by atoms with Gasteiger partial charge in [-0.25, -0.2) is 4.39 Å². The highest BCUT2D eigenvalue weighted by Crippen LogP contribution is 2.56. The van der Waals surface area contributed by atoms with E-state index in [1.54, 1.807) is 49.6 Å². The Balaban J connectivity index is 1.55. The van der Waals surface area contributed by atoms with Crippen LogP contribution in [0.4, 0.5) is 10.1 Å². The van der Waals surface area contributed by atoms with Crippen LogP contribution in [0.2, 0.25) is 0 Å². The molecule has 8 heteroatoms. The van der Waals surface area contributed by atoms with E-state index in [-0.39, 0.29) is 30.2 Å². The molecule has 1 amide bonds. The fraction of sp³-hybridized carbons (Fsp3) is 0.259. The third-order valence-electron chi connectivity index (χ3n) is 7.39. The summed E-state index contributed by atoms with van der Waals surface area (Å²) in [5, 5.41) is 2.98. The largest absolute Gasteiger partial charge is 0.497 e. The molecule has 35 heavy (non-hydrogen) atoms. The first-order valence-corrected chi connectivity index (χ1v) is 11.3. The Morgan fingerprint density at radius 3 is 2.63 bits per heavy atom. The molecule has 3 aromatic rings. The molecule has 3 aliphatic heterocycles. The summed E-state index contributed by atoms with van der Waals surface area (Å²) in [6.07, 6.45) is 0. The lowest BCUT2D eigenvalue weighted by Gasteiger charge is -2.35. The first-order chi connectivity index (χ1) is 16.9. The van der Waals surface area contributed by atoms with Gasteiger partial charge in [0.05, 0.1) is 13.0 Å². The van der Waals surface area contributed by atoms with Crippen molar-refractivity contribution in [1.29, 1.82) is 0 Å². The van der Waals surface area contributed by atoms with Gasteiger partial charge >= 0.3 is 0 Å². The standard InChI is InChI=1S/C27H23FN2O5/c1-30-13-19(15-3-6-17(28)7-4-15)24(25(31)16-5-10-22-23(11-16)35-14-34-22)27(30)20-12-18(33-2)8-9-21(20)29-26(27)32/h3-12,19,24H,13-14H2,1-2H3,(H,29,32)/t19-,24+,27-/m1/s1. The number of anilines is 1.